The van der Waals surface area contributed by atoms with Gasteiger partial charge in [0.2, 0.25) is 0 Å². The average molecular weight is 367 g/mol. The lowest BCUT2D eigenvalue weighted by Gasteiger charge is -2.24. The van der Waals surface area contributed by atoms with E-state index in [1.807, 2.05) is 0 Å². The monoisotopic (exact) mass is 366 g/mol. The second-order valence-electron chi connectivity index (χ2n) is 7.15. The molecule has 1 aliphatic rings. The van der Waals surface area contributed by atoms with Gasteiger partial charge >= 0.3 is 0 Å². The zero-order valence-electron chi connectivity index (χ0n) is 16.4. The smallest absolute Gasteiger partial charge is 0.120 e. The predicted octanol–water partition coefficient (Wildman–Crippen LogP) is 6.72. The van der Waals surface area contributed by atoms with Gasteiger partial charge in [-0.05, 0) is 70.4 Å². The van der Waals surface area contributed by atoms with E-state index in [4.69, 9.17) is 4.74 Å². The van der Waals surface area contributed by atoms with Gasteiger partial charge in [-0.15, -0.1) is 0 Å². The van der Waals surface area contributed by atoms with E-state index in [0.29, 0.717) is 6.61 Å². The Hall–Kier alpha value is -3.06. The van der Waals surface area contributed by atoms with Crippen LogP contribution in [0, 0.1) is 0 Å². The van der Waals surface area contributed by atoms with Crippen molar-refractivity contribution in [2.24, 2.45) is 0 Å². The van der Waals surface area contributed by atoms with Crippen molar-refractivity contribution in [2.75, 3.05) is 6.61 Å². The van der Waals surface area contributed by atoms with Gasteiger partial charge in [-0.2, -0.15) is 0 Å². The van der Waals surface area contributed by atoms with Crippen LogP contribution in [0.4, 0.5) is 0 Å². The van der Waals surface area contributed by atoms with Crippen LogP contribution >= 0.6 is 0 Å². The summed E-state index contributed by atoms with van der Waals surface area (Å²) in [5.74, 6) is 0.915. The standard InChI is InChI=1S/C27H26O/c1-3-18-28-23-16-17-26-22(19-23)15-14-20-10-8-9-13-25(20)24(4-2)27(26)21-11-6-5-7-12-21/h3,5-13,16-17,19H,1,4,14-15,18H2,2H3/b27-24-. The summed E-state index contributed by atoms with van der Waals surface area (Å²) in [6.45, 7) is 6.55. The third kappa shape index (κ3) is 3.53. The lowest BCUT2D eigenvalue weighted by molar-refractivity contribution is 0.363. The minimum absolute atomic E-state index is 0.531. The normalized spacial score (nSPS) is 15.8. The lowest BCUT2D eigenvalue weighted by Crippen LogP contribution is -2.07. The molecular formula is C27H26O. The van der Waals surface area contributed by atoms with E-state index in [1.165, 1.54) is 39.0 Å². The van der Waals surface area contributed by atoms with Gasteiger partial charge in [0.05, 0.1) is 0 Å². The fourth-order valence-corrected chi connectivity index (χ4v) is 4.17. The molecule has 0 N–H and O–H groups in total. The van der Waals surface area contributed by atoms with Crippen molar-refractivity contribution in [1.82, 2.24) is 0 Å². The maximum atomic E-state index is 5.82. The molecule has 140 valence electrons. The summed E-state index contributed by atoms with van der Waals surface area (Å²) in [6.07, 6.45) is 4.83. The quantitative estimate of drug-likeness (QED) is 0.455. The summed E-state index contributed by atoms with van der Waals surface area (Å²) in [5, 5.41) is 0. The highest BCUT2D eigenvalue weighted by Crippen LogP contribution is 2.40. The Balaban J connectivity index is 1.98. The maximum Gasteiger partial charge on any atom is 0.120 e. The van der Waals surface area contributed by atoms with Gasteiger partial charge in [0.25, 0.3) is 0 Å². The fraction of sp³-hybridized carbons (Fsp3) is 0.185. The maximum absolute atomic E-state index is 5.82. The summed E-state index contributed by atoms with van der Waals surface area (Å²) in [4.78, 5) is 0. The van der Waals surface area contributed by atoms with Gasteiger partial charge in [-0.25, -0.2) is 0 Å². The van der Waals surface area contributed by atoms with E-state index in [1.54, 1.807) is 6.08 Å². The molecule has 0 amide bonds. The van der Waals surface area contributed by atoms with Crippen LogP contribution < -0.4 is 4.74 Å². The van der Waals surface area contributed by atoms with Crippen molar-refractivity contribution in [2.45, 2.75) is 26.2 Å². The molecular weight excluding hydrogens is 340 g/mol. The molecule has 0 aromatic heterocycles. The summed E-state index contributed by atoms with van der Waals surface area (Å²) >= 11 is 0. The van der Waals surface area contributed by atoms with Crippen LogP contribution in [0.15, 0.2) is 85.5 Å². The first-order valence-corrected chi connectivity index (χ1v) is 10.1. The number of aryl methyl sites for hydroxylation is 2. The Labute approximate surface area is 168 Å². The van der Waals surface area contributed by atoms with Crippen LogP contribution in [0.5, 0.6) is 5.75 Å². The number of allylic oxidation sites excluding steroid dienone is 1. The molecule has 0 saturated carbocycles. The van der Waals surface area contributed by atoms with Crippen molar-refractivity contribution in [1.29, 1.82) is 0 Å². The van der Waals surface area contributed by atoms with Gasteiger partial charge < -0.3 is 4.74 Å². The predicted molar refractivity (Wildman–Crippen MR) is 119 cm³/mol. The van der Waals surface area contributed by atoms with Gasteiger partial charge in [0.15, 0.2) is 0 Å². The molecule has 28 heavy (non-hydrogen) atoms. The Morgan fingerprint density at radius 1 is 0.857 bits per heavy atom. The zero-order chi connectivity index (χ0) is 19.3. The Kier molecular flexibility index (Phi) is 5.43. The molecule has 0 bridgehead atoms. The van der Waals surface area contributed by atoms with E-state index < -0.39 is 0 Å². The molecule has 0 spiro atoms. The zero-order valence-corrected chi connectivity index (χ0v) is 16.4. The van der Waals surface area contributed by atoms with Crippen LogP contribution in [0.2, 0.25) is 0 Å². The molecule has 3 aromatic carbocycles. The van der Waals surface area contributed by atoms with Crippen LogP contribution in [0.25, 0.3) is 11.1 Å². The Morgan fingerprint density at radius 3 is 2.39 bits per heavy atom. The van der Waals surface area contributed by atoms with E-state index >= 15 is 0 Å². The molecule has 0 saturated heterocycles. The fourth-order valence-electron chi connectivity index (χ4n) is 4.17. The molecule has 1 aliphatic carbocycles. The van der Waals surface area contributed by atoms with Crippen LogP contribution in [0.3, 0.4) is 0 Å². The first-order valence-electron chi connectivity index (χ1n) is 10.1. The molecule has 0 atom stereocenters. The molecule has 0 unspecified atom stereocenters. The van der Waals surface area contributed by atoms with Crippen molar-refractivity contribution in [3.05, 3.63) is 113 Å². The highest BCUT2D eigenvalue weighted by Gasteiger charge is 2.20. The molecule has 3 aromatic rings. The van der Waals surface area contributed by atoms with Crippen molar-refractivity contribution in [3.8, 4) is 5.75 Å². The number of hydrogen-bond donors (Lipinski definition) is 0. The highest BCUT2D eigenvalue weighted by molar-refractivity contribution is 6.00. The number of ether oxygens (including phenoxy) is 1. The third-order valence-corrected chi connectivity index (χ3v) is 5.44. The van der Waals surface area contributed by atoms with Crippen LogP contribution in [-0.2, 0) is 12.8 Å². The van der Waals surface area contributed by atoms with Gasteiger partial charge in [0.1, 0.15) is 12.4 Å². The summed E-state index contributed by atoms with van der Waals surface area (Å²) in [5.41, 5.74) is 9.53. The molecule has 4 rings (SSSR count). The average Bonchev–Trinajstić information content (AvgIpc) is 2.74. The summed E-state index contributed by atoms with van der Waals surface area (Å²) in [6, 6.07) is 26.2. The molecule has 1 nitrogen and oxygen atoms in total. The van der Waals surface area contributed by atoms with Gasteiger partial charge in [-0.3, -0.25) is 0 Å². The lowest BCUT2D eigenvalue weighted by atomic mass is 9.80. The van der Waals surface area contributed by atoms with Crippen molar-refractivity contribution >= 4 is 11.1 Å². The van der Waals surface area contributed by atoms with Crippen LogP contribution in [-0.4, -0.2) is 6.61 Å². The van der Waals surface area contributed by atoms with Crippen molar-refractivity contribution in [3.63, 3.8) is 0 Å². The van der Waals surface area contributed by atoms with Crippen molar-refractivity contribution < 1.29 is 4.74 Å². The number of fused-ring (bicyclic) bond motifs is 2. The Morgan fingerprint density at radius 2 is 1.61 bits per heavy atom. The Bertz CT molecular complexity index is 1010. The van der Waals surface area contributed by atoms with Crippen LogP contribution in [0.1, 0.15) is 41.2 Å². The van der Waals surface area contributed by atoms with E-state index in [9.17, 15) is 0 Å². The molecule has 0 heterocycles. The summed E-state index contributed by atoms with van der Waals surface area (Å²) < 4.78 is 5.82. The molecule has 1 heteroatoms. The molecule has 0 aliphatic heterocycles. The SMILES string of the molecule is C=CCOc1ccc2c(c1)CCc1ccccc1/C(CC)=C\2c1ccccc1. The minimum Gasteiger partial charge on any atom is -0.490 e. The first-order chi connectivity index (χ1) is 13.8. The van der Waals surface area contributed by atoms with E-state index in [2.05, 4.69) is 86.3 Å². The second kappa shape index (κ2) is 8.31. The first kappa shape index (κ1) is 18.3. The summed E-state index contributed by atoms with van der Waals surface area (Å²) in [7, 11) is 0. The van der Waals surface area contributed by atoms with Gasteiger partial charge in [0, 0.05) is 0 Å². The third-order valence-electron chi connectivity index (χ3n) is 5.44. The minimum atomic E-state index is 0.531. The number of rotatable bonds is 5. The van der Waals surface area contributed by atoms with E-state index in [0.717, 1.165) is 25.0 Å². The topological polar surface area (TPSA) is 9.23 Å². The number of hydrogen-bond acceptors (Lipinski definition) is 1. The highest BCUT2D eigenvalue weighted by atomic mass is 16.5. The van der Waals surface area contributed by atoms with Gasteiger partial charge in [-0.1, -0.05) is 80.2 Å². The molecule has 0 fully saturated rings. The molecule has 0 radical (unpaired) electrons. The number of benzene rings is 3. The largest absolute Gasteiger partial charge is 0.490 e. The second-order valence-corrected chi connectivity index (χ2v) is 7.15. The van der Waals surface area contributed by atoms with E-state index in [-0.39, 0.29) is 0 Å².